The van der Waals surface area contributed by atoms with Crippen molar-refractivity contribution < 1.29 is 30.3 Å². The van der Waals surface area contributed by atoms with Gasteiger partial charge in [-0.25, -0.2) is 0 Å². The summed E-state index contributed by atoms with van der Waals surface area (Å²) in [6.07, 6.45) is 4.44. The highest BCUT2D eigenvalue weighted by atomic mass is 16.4. The third-order valence-electron chi connectivity index (χ3n) is 13.4. The third kappa shape index (κ3) is 2.96. The molecule has 0 unspecified atom stereocenters. The van der Waals surface area contributed by atoms with E-state index in [1.807, 2.05) is 6.92 Å². The minimum Gasteiger partial charge on any atom is -0.481 e. The summed E-state index contributed by atoms with van der Waals surface area (Å²) in [4.78, 5) is 12.8. The van der Waals surface area contributed by atoms with Crippen LogP contribution in [0.3, 0.4) is 0 Å². The molecular weight excluding hydrogens is 456 g/mol. The Kier molecular flexibility index (Phi) is 5.95. The first kappa shape index (κ1) is 26.6. The van der Waals surface area contributed by atoms with Gasteiger partial charge in [0.1, 0.15) is 0 Å². The molecule has 0 aromatic heterocycles. The number of hydrogen-bond donors (Lipinski definition) is 5. The zero-order valence-electron chi connectivity index (χ0n) is 23.0. The molecule has 5 N–H and O–H groups in total. The highest BCUT2D eigenvalue weighted by molar-refractivity contribution is 5.76. The van der Waals surface area contributed by atoms with Gasteiger partial charge >= 0.3 is 5.97 Å². The van der Waals surface area contributed by atoms with E-state index in [0.717, 1.165) is 25.7 Å². The predicted octanol–water partition coefficient (Wildman–Crippen LogP) is 4.00. The lowest BCUT2D eigenvalue weighted by Crippen LogP contribution is -2.71. The molecule has 6 nitrogen and oxygen atoms in total. The number of fused-ring (bicyclic) bond motifs is 7. The van der Waals surface area contributed by atoms with Gasteiger partial charge in [-0.2, -0.15) is 0 Å². The van der Waals surface area contributed by atoms with E-state index < -0.39 is 40.5 Å². The van der Waals surface area contributed by atoms with E-state index in [9.17, 15) is 30.3 Å². The molecular formula is C30H48O6. The van der Waals surface area contributed by atoms with Crippen molar-refractivity contribution in [3.8, 4) is 0 Å². The Morgan fingerprint density at radius 1 is 1.00 bits per heavy atom. The molecule has 0 bridgehead atoms. The Labute approximate surface area is 216 Å². The van der Waals surface area contributed by atoms with Gasteiger partial charge in [-0.05, 0) is 84.9 Å². The molecule has 4 saturated carbocycles. The lowest BCUT2D eigenvalue weighted by Gasteiger charge is -2.72. The van der Waals surface area contributed by atoms with Crippen molar-refractivity contribution in [3.63, 3.8) is 0 Å². The van der Waals surface area contributed by atoms with Crippen molar-refractivity contribution in [1.82, 2.24) is 0 Å². The molecule has 0 saturated heterocycles. The molecule has 5 rings (SSSR count). The summed E-state index contributed by atoms with van der Waals surface area (Å²) in [5.41, 5.74) is -1.41. The molecule has 0 spiro atoms. The fraction of sp³-hybridized carbons (Fsp3) is 0.900. The van der Waals surface area contributed by atoms with Gasteiger partial charge in [0.25, 0.3) is 0 Å². The minimum absolute atomic E-state index is 0.000534. The highest BCUT2D eigenvalue weighted by Crippen LogP contribution is 2.75. The molecule has 0 radical (unpaired) electrons. The summed E-state index contributed by atoms with van der Waals surface area (Å²) >= 11 is 0. The van der Waals surface area contributed by atoms with Crippen molar-refractivity contribution in [3.05, 3.63) is 11.6 Å². The monoisotopic (exact) mass is 504 g/mol. The maximum absolute atomic E-state index is 12.8. The summed E-state index contributed by atoms with van der Waals surface area (Å²) in [7, 11) is 0. The van der Waals surface area contributed by atoms with Crippen molar-refractivity contribution in [2.75, 3.05) is 6.61 Å². The zero-order valence-corrected chi connectivity index (χ0v) is 23.0. The molecule has 4 fully saturated rings. The van der Waals surface area contributed by atoms with Crippen molar-refractivity contribution >= 4 is 5.97 Å². The molecule has 0 aliphatic heterocycles. The van der Waals surface area contributed by atoms with Gasteiger partial charge < -0.3 is 25.5 Å². The topological polar surface area (TPSA) is 118 Å². The Hall–Kier alpha value is -0.950. The largest absolute Gasteiger partial charge is 0.481 e. The van der Waals surface area contributed by atoms with Gasteiger partial charge in [-0.15, -0.1) is 0 Å². The van der Waals surface area contributed by atoms with Crippen LogP contribution >= 0.6 is 0 Å². The highest BCUT2D eigenvalue weighted by Gasteiger charge is 2.72. The van der Waals surface area contributed by atoms with E-state index in [0.29, 0.717) is 25.2 Å². The summed E-state index contributed by atoms with van der Waals surface area (Å²) < 4.78 is 0. The molecule has 0 aromatic carbocycles. The number of carbonyl (C=O) groups is 1. The van der Waals surface area contributed by atoms with Crippen LogP contribution in [0.1, 0.15) is 86.5 Å². The van der Waals surface area contributed by atoms with Crippen molar-refractivity contribution in [2.24, 2.45) is 56.7 Å². The first-order valence-corrected chi connectivity index (χ1v) is 14.2. The molecule has 204 valence electrons. The minimum atomic E-state index is -1.08. The van der Waals surface area contributed by atoms with Crippen LogP contribution in [0.15, 0.2) is 11.6 Å². The Bertz CT molecular complexity index is 963. The second-order valence-corrected chi connectivity index (χ2v) is 14.6. The van der Waals surface area contributed by atoms with E-state index in [4.69, 9.17) is 0 Å². The van der Waals surface area contributed by atoms with Crippen molar-refractivity contribution in [1.29, 1.82) is 0 Å². The summed E-state index contributed by atoms with van der Waals surface area (Å²) in [5, 5.41) is 54.7. The van der Waals surface area contributed by atoms with Gasteiger partial charge in [0.15, 0.2) is 0 Å². The molecule has 0 aromatic rings. The maximum Gasteiger partial charge on any atom is 0.310 e. The number of carboxylic acids is 1. The quantitative estimate of drug-likeness (QED) is 0.363. The Morgan fingerprint density at radius 3 is 2.28 bits per heavy atom. The third-order valence-corrected chi connectivity index (χ3v) is 13.4. The maximum atomic E-state index is 12.8. The van der Waals surface area contributed by atoms with Crippen molar-refractivity contribution in [2.45, 2.75) is 105 Å². The first-order chi connectivity index (χ1) is 16.6. The SMILES string of the molecule is C[C@H]1[C@H](C)CC[C@]2(C(=O)O)CC[C@]3(C)C(=CC[C@@H]4[C@@]5(C)C[C@@H](O)[C@H](O)[C@@](C)(CO)[C@H]5[C@@H](O)C[C@]43C)[C@@H]12. The number of aliphatic hydroxyl groups excluding tert-OH is 4. The smallest absolute Gasteiger partial charge is 0.310 e. The van der Waals surface area contributed by atoms with E-state index in [1.165, 1.54) is 5.57 Å². The van der Waals surface area contributed by atoms with Crippen LogP contribution in [-0.2, 0) is 4.79 Å². The fourth-order valence-electron chi connectivity index (χ4n) is 11.2. The van der Waals surface area contributed by atoms with Gasteiger partial charge in [-0.3, -0.25) is 4.79 Å². The molecule has 0 amide bonds. The normalized spacial score (nSPS) is 58.6. The number of rotatable bonds is 2. The number of hydrogen-bond acceptors (Lipinski definition) is 5. The second kappa shape index (κ2) is 8.03. The summed E-state index contributed by atoms with van der Waals surface area (Å²) in [6.45, 7) is 12.8. The fourth-order valence-corrected chi connectivity index (χ4v) is 11.2. The van der Waals surface area contributed by atoms with Gasteiger partial charge in [0.05, 0.1) is 30.3 Å². The van der Waals surface area contributed by atoms with E-state index >= 15 is 0 Å². The Morgan fingerprint density at radius 2 is 1.67 bits per heavy atom. The Balaban J connectivity index is 1.65. The molecule has 13 atom stereocenters. The van der Waals surface area contributed by atoms with Crippen LogP contribution in [-0.4, -0.2) is 56.4 Å². The molecule has 5 aliphatic carbocycles. The summed E-state index contributed by atoms with van der Waals surface area (Å²) in [5.74, 6) is -0.0914. The molecule has 5 aliphatic rings. The van der Waals surface area contributed by atoms with E-state index in [-0.39, 0.29) is 41.1 Å². The van der Waals surface area contributed by atoms with Crippen LogP contribution < -0.4 is 0 Å². The number of carboxylic acid groups (broad SMARTS) is 1. The van der Waals surface area contributed by atoms with Crippen LogP contribution in [0.4, 0.5) is 0 Å². The van der Waals surface area contributed by atoms with Crippen LogP contribution in [0, 0.1) is 56.7 Å². The average Bonchev–Trinajstić information content (AvgIpc) is 2.80. The molecule has 6 heteroatoms. The standard InChI is InChI=1S/C30H48O6/c1-16-9-10-30(25(35)36)12-11-28(5)18(22(30)17(16)2)7-8-21-26(3)13-20(33)24(34)27(4,15-31)23(26)19(32)14-29(21,28)6/h7,16-17,19-24,31-34H,8-15H2,1-6H3,(H,35,36)/t16-,17+,19+,20-,21-,22-,23+,24+,26-,27+,28-,29-,30+/m1/s1. The van der Waals surface area contributed by atoms with Crippen LogP contribution in [0.25, 0.3) is 0 Å². The average molecular weight is 505 g/mol. The molecule has 36 heavy (non-hydrogen) atoms. The summed E-state index contributed by atoms with van der Waals surface area (Å²) in [6, 6.07) is 0. The number of aliphatic hydroxyl groups is 4. The second-order valence-electron chi connectivity index (χ2n) is 14.6. The predicted molar refractivity (Wildman–Crippen MR) is 137 cm³/mol. The van der Waals surface area contributed by atoms with Gasteiger partial charge in [-0.1, -0.05) is 53.2 Å². The lowest BCUT2D eigenvalue weighted by atomic mass is 9.32. The van der Waals surface area contributed by atoms with Gasteiger partial charge in [0, 0.05) is 11.3 Å². The number of allylic oxidation sites excluding steroid dienone is 2. The lowest BCUT2D eigenvalue weighted by molar-refractivity contribution is -0.273. The van der Waals surface area contributed by atoms with Gasteiger partial charge in [0.2, 0.25) is 0 Å². The van der Waals surface area contributed by atoms with Crippen LogP contribution in [0.5, 0.6) is 0 Å². The zero-order chi connectivity index (χ0) is 26.6. The van der Waals surface area contributed by atoms with E-state index in [2.05, 4.69) is 40.7 Å². The first-order valence-electron chi connectivity index (χ1n) is 14.2. The van der Waals surface area contributed by atoms with E-state index in [1.54, 1.807) is 0 Å². The van der Waals surface area contributed by atoms with Crippen LogP contribution in [0.2, 0.25) is 0 Å². The molecule has 0 heterocycles. The number of aliphatic carboxylic acids is 1.